The maximum atomic E-state index is 11.8. The molecule has 6 nitrogen and oxygen atoms in total. The molecule has 2 atom stereocenters. The van der Waals surface area contributed by atoms with Crippen molar-refractivity contribution >= 4 is 5.91 Å². The average molecular weight is 307 g/mol. The number of morpholine rings is 1. The van der Waals surface area contributed by atoms with Gasteiger partial charge in [-0.15, -0.1) is 0 Å². The Morgan fingerprint density at radius 3 is 2.95 bits per heavy atom. The van der Waals surface area contributed by atoms with Crippen LogP contribution in [0.25, 0.3) is 0 Å². The van der Waals surface area contributed by atoms with Gasteiger partial charge in [0.25, 0.3) is 5.91 Å². The average Bonchev–Trinajstić information content (AvgIpc) is 2.55. The van der Waals surface area contributed by atoms with Gasteiger partial charge in [0.15, 0.2) is 0 Å². The lowest BCUT2D eigenvalue weighted by atomic mass is 10.2. The van der Waals surface area contributed by atoms with Crippen molar-refractivity contribution in [3.63, 3.8) is 0 Å². The maximum Gasteiger partial charge on any atom is 0.250 e. The summed E-state index contributed by atoms with van der Waals surface area (Å²) < 4.78 is 10.7. The second-order valence-corrected chi connectivity index (χ2v) is 5.42. The Bertz CT molecular complexity index is 451. The van der Waals surface area contributed by atoms with Gasteiger partial charge in [-0.3, -0.25) is 9.69 Å². The van der Waals surface area contributed by atoms with E-state index in [-0.39, 0.29) is 18.6 Å². The van der Waals surface area contributed by atoms with E-state index in [1.54, 1.807) is 0 Å². The molecule has 1 aromatic carbocycles. The van der Waals surface area contributed by atoms with Crippen molar-refractivity contribution < 1.29 is 14.3 Å². The zero-order chi connectivity index (χ0) is 15.8. The van der Waals surface area contributed by atoms with Gasteiger partial charge in [-0.2, -0.15) is 0 Å². The third-order valence-corrected chi connectivity index (χ3v) is 3.77. The summed E-state index contributed by atoms with van der Waals surface area (Å²) in [6.07, 6.45) is -0.597. The predicted octanol–water partition coefficient (Wildman–Crippen LogP) is -0.0227. The molecule has 2 unspecified atom stereocenters. The minimum Gasteiger partial charge on any atom is -0.374 e. The van der Waals surface area contributed by atoms with Gasteiger partial charge >= 0.3 is 0 Å². The highest BCUT2D eigenvalue weighted by molar-refractivity contribution is 5.81. The number of hydrogen-bond donors (Lipinski definition) is 2. The van der Waals surface area contributed by atoms with Crippen molar-refractivity contribution in [2.24, 2.45) is 5.73 Å². The first-order chi connectivity index (χ1) is 10.7. The summed E-state index contributed by atoms with van der Waals surface area (Å²) >= 11 is 0. The van der Waals surface area contributed by atoms with E-state index in [1.165, 1.54) is 12.7 Å². The van der Waals surface area contributed by atoms with Crippen molar-refractivity contribution in [3.8, 4) is 0 Å². The monoisotopic (exact) mass is 307 g/mol. The SMILES string of the molecule is COC(CN)C(=O)NCC1CN(Cc2ccccc2)CCO1. The van der Waals surface area contributed by atoms with E-state index in [1.807, 2.05) is 18.2 Å². The highest BCUT2D eigenvalue weighted by Gasteiger charge is 2.22. The molecule has 0 radical (unpaired) electrons. The van der Waals surface area contributed by atoms with Crippen molar-refractivity contribution in [3.05, 3.63) is 35.9 Å². The number of carbonyl (C=O) groups is 1. The molecule has 1 amide bonds. The largest absolute Gasteiger partial charge is 0.374 e. The number of benzene rings is 1. The molecule has 1 heterocycles. The highest BCUT2D eigenvalue weighted by atomic mass is 16.5. The number of carbonyl (C=O) groups excluding carboxylic acids is 1. The molecule has 1 aliphatic heterocycles. The van der Waals surface area contributed by atoms with Crippen LogP contribution in [0, 0.1) is 0 Å². The quantitative estimate of drug-likeness (QED) is 0.740. The standard InChI is InChI=1S/C16H25N3O3/c1-21-15(9-17)16(20)18-10-14-12-19(7-8-22-14)11-13-5-3-2-4-6-13/h2-6,14-15H,7-12,17H2,1H3,(H,18,20). The molecule has 6 heteroatoms. The van der Waals surface area contributed by atoms with Crippen LogP contribution in [0.2, 0.25) is 0 Å². The summed E-state index contributed by atoms with van der Waals surface area (Å²) in [7, 11) is 1.48. The summed E-state index contributed by atoms with van der Waals surface area (Å²) in [4.78, 5) is 14.2. The number of nitrogens with one attached hydrogen (secondary N) is 1. The summed E-state index contributed by atoms with van der Waals surface area (Å²) in [6, 6.07) is 10.4. The van der Waals surface area contributed by atoms with Gasteiger partial charge in [-0.05, 0) is 5.56 Å². The van der Waals surface area contributed by atoms with E-state index in [9.17, 15) is 4.79 Å². The molecule has 1 saturated heterocycles. The summed E-state index contributed by atoms with van der Waals surface area (Å²) in [5.74, 6) is -0.186. The molecule has 22 heavy (non-hydrogen) atoms. The Labute approximate surface area is 131 Å². The highest BCUT2D eigenvalue weighted by Crippen LogP contribution is 2.10. The zero-order valence-electron chi connectivity index (χ0n) is 13.0. The molecule has 3 N–H and O–H groups in total. The maximum absolute atomic E-state index is 11.8. The molecule has 0 spiro atoms. The normalized spacial score (nSPS) is 20.5. The number of ether oxygens (including phenoxy) is 2. The van der Waals surface area contributed by atoms with Gasteiger partial charge in [0.1, 0.15) is 6.10 Å². The van der Waals surface area contributed by atoms with Crippen LogP contribution in [-0.4, -0.2) is 62.9 Å². The fourth-order valence-corrected chi connectivity index (χ4v) is 2.53. The Kier molecular flexibility index (Phi) is 6.79. The Morgan fingerprint density at radius 2 is 2.27 bits per heavy atom. The van der Waals surface area contributed by atoms with Crippen LogP contribution in [0.4, 0.5) is 0 Å². The first kappa shape index (κ1) is 16.9. The lowest BCUT2D eigenvalue weighted by molar-refractivity contribution is -0.131. The van der Waals surface area contributed by atoms with Crippen LogP contribution in [-0.2, 0) is 20.8 Å². The van der Waals surface area contributed by atoms with Crippen LogP contribution in [0.5, 0.6) is 0 Å². The first-order valence-electron chi connectivity index (χ1n) is 7.61. The minimum absolute atomic E-state index is 0.00306. The van der Waals surface area contributed by atoms with Gasteiger partial charge in [-0.25, -0.2) is 0 Å². The van der Waals surface area contributed by atoms with Crippen molar-refractivity contribution in [2.75, 3.05) is 39.9 Å². The number of nitrogens with zero attached hydrogens (tertiary/aromatic N) is 1. The van der Waals surface area contributed by atoms with Gasteiger partial charge in [-0.1, -0.05) is 30.3 Å². The lowest BCUT2D eigenvalue weighted by Crippen LogP contribution is -2.49. The topological polar surface area (TPSA) is 76.8 Å². The van der Waals surface area contributed by atoms with Crippen molar-refractivity contribution in [1.29, 1.82) is 0 Å². The summed E-state index contributed by atoms with van der Waals surface area (Å²) in [5.41, 5.74) is 6.76. The zero-order valence-corrected chi connectivity index (χ0v) is 13.0. The second kappa shape index (κ2) is 8.85. The fraction of sp³-hybridized carbons (Fsp3) is 0.562. The second-order valence-electron chi connectivity index (χ2n) is 5.42. The lowest BCUT2D eigenvalue weighted by Gasteiger charge is -2.33. The van der Waals surface area contributed by atoms with E-state index in [0.29, 0.717) is 13.2 Å². The summed E-state index contributed by atoms with van der Waals surface area (Å²) in [6.45, 7) is 3.94. The van der Waals surface area contributed by atoms with E-state index in [2.05, 4.69) is 22.3 Å². The van der Waals surface area contributed by atoms with E-state index in [0.717, 1.165) is 19.6 Å². The Morgan fingerprint density at radius 1 is 1.50 bits per heavy atom. The van der Waals surface area contributed by atoms with E-state index in [4.69, 9.17) is 15.2 Å². The van der Waals surface area contributed by atoms with Crippen LogP contribution in [0.1, 0.15) is 5.56 Å². The number of hydrogen-bond acceptors (Lipinski definition) is 5. The number of amides is 1. The molecule has 1 fully saturated rings. The predicted molar refractivity (Wildman–Crippen MR) is 84.3 cm³/mol. The molecule has 122 valence electrons. The molecule has 0 saturated carbocycles. The number of rotatable bonds is 7. The van der Waals surface area contributed by atoms with Crippen molar-refractivity contribution in [1.82, 2.24) is 10.2 Å². The van der Waals surface area contributed by atoms with Crippen LogP contribution < -0.4 is 11.1 Å². The van der Waals surface area contributed by atoms with E-state index < -0.39 is 6.10 Å². The molecule has 0 aromatic heterocycles. The molecule has 2 rings (SSSR count). The number of nitrogens with two attached hydrogens (primary N) is 1. The van der Waals surface area contributed by atoms with Crippen LogP contribution >= 0.6 is 0 Å². The third-order valence-electron chi connectivity index (χ3n) is 3.77. The smallest absolute Gasteiger partial charge is 0.250 e. The van der Waals surface area contributed by atoms with E-state index >= 15 is 0 Å². The van der Waals surface area contributed by atoms with Gasteiger partial charge < -0.3 is 20.5 Å². The fourth-order valence-electron chi connectivity index (χ4n) is 2.53. The third kappa shape index (κ3) is 5.06. The molecule has 0 bridgehead atoms. The van der Waals surface area contributed by atoms with Gasteiger partial charge in [0.2, 0.25) is 0 Å². The summed E-state index contributed by atoms with van der Waals surface area (Å²) in [5, 5.41) is 2.84. The van der Waals surface area contributed by atoms with Crippen LogP contribution in [0.15, 0.2) is 30.3 Å². The number of methoxy groups -OCH3 is 1. The Balaban J connectivity index is 1.77. The molecule has 0 aliphatic carbocycles. The van der Waals surface area contributed by atoms with Crippen LogP contribution in [0.3, 0.4) is 0 Å². The molecule has 1 aromatic rings. The van der Waals surface area contributed by atoms with Crippen molar-refractivity contribution in [2.45, 2.75) is 18.8 Å². The Hall–Kier alpha value is -1.47. The molecule has 1 aliphatic rings. The minimum atomic E-state index is -0.594. The molecular formula is C16H25N3O3. The van der Waals surface area contributed by atoms with Gasteiger partial charge in [0.05, 0.1) is 12.7 Å². The molecular weight excluding hydrogens is 282 g/mol. The van der Waals surface area contributed by atoms with Gasteiger partial charge in [0, 0.05) is 39.8 Å². The first-order valence-corrected chi connectivity index (χ1v) is 7.61.